The number of urea groups is 1. The number of anilines is 1. The number of amides is 4. The molecule has 2 fully saturated rings. The van der Waals surface area contributed by atoms with Gasteiger partial charge in [0.25, 0.3) is 5.91 Å². The monoisotopic (exact) mass is 435 g/mol. The number of nitrogens with zero attached hydrogens (tertiary/aromatic N) is 2. The first-order valence-electron chi connectivity index (χ1n) is 10.3. The summed E-state index contributed by atoms with van der Waals surface area (Å²) >= 11 is 0. The fraction of sp³-hybridized carbons (Fsp3) is 0.304. The van der Waals surface area contributed by atoms with Gasteiger partial charge in [0.2, 0.25) is 12.7 Å². The van der Waals surface area contributed by atoms with E-state index in [4.69, 9.17) is 9.47 Å². The maximum absolute atomic E-state index is 13.1. The van der Waals surface area contributed by atoms with Crippen LogP contribution in [0.1, 0.15) is 35.7 Å². The van der Waals surface area contributed by atoms with E-state index in [0.29, 0.717) is 35.6 Å². The number of nitrogens with one attached hydrogen (secondary N) is 1. The Morgan fingerprint density at radius 3 is 2.53 bits per heavy atom. The van der Waals surface area contributed by atoms with Crippen molar-refractivity contribution in [3.05, 3.63) is 53.6 Å². The first kappa shape index (κ1) is 20.0. The molecule has 9 heteroatoms. The van der Waals surface area contributed by atoms with Gasteiger partial charge in [-0.05, 0) is 55.3 Å². The average Bonchev–Trinajstić information content (AvgIpc) is 3.49. The molecular formula is C23H21N3O6. The SMILES string of the molecule is C[C@@]1(c2ccc3c(c2)OCO3)NC(=O)N(CC(=O)c2ccc(N3CCCC3=O)cc2)C1=O. The van der Waals surface area contributed by atoms with E-state index in [1.807, 2.05) is 0 Å². The molecule has 4 amide bonds. The molecule has 2 aromatic carbocycles. The number of carbonyl (C=O) groups excluding carboxylic acids is 4. The number of imide groups is 1. The van der Waals surface area contributed by atoms with Crippen LogP contribution in [0.15, 0.2) is 42.5 Å². The summed E-state index contributed by atoms with van der Waals surface area (Å²) < 4.78 is 10.7. The molecule has 2 aromatic rings. The van der Waals surface area contributed by atoms with Crippen molar-refractivity contribution in [3.8, 4) is 11.5 Å². The standard InChI is InChI=1S/C23H21N3O6/c1-23(15-6-9-18-19(11-15)32-13-31-18)21(29)26(22(30)24-23)12-17(27)14-4-7-16(8-5-14)25-10-2-3-20(25)28/h4-9,11H,2-3,10,12-13H2,1H3,(H,24,30)/t23-/m0/s1. The van der Waals surface area contributed by atoms with E-state index < -0.39 is 17.5 Å². The number of hydrogen-bond donors (Lipinski definition) is 1. The highest BCUT2D eigenvalue weighted by atomic mass is 16.7. The van der Waals surface area contributed by atoms with Gasteiger partial charge < -0.3 is 19.7 Å². The van der Waals surface area contributed by atoms with E-state index in [9.17, 15) is 19.2 Å². The lowest BCUT2D eigenvalue weighted by atomic mass is 9.91. The van der Waals surface area contributed by atoms with E-state index in [0.717, 1.165) is 17.0 Å². The minimum Gasteiger partial charge on any atom is -0.454 e. The number of benzene rings is 2. The quantitative estimate of drug-likeness (QED) is 0.570. The topological polar surface area (TPSA) is 105 Å². The molecule has 9 nitrogen and oxygen atoms in total. The highest BCUT2D eigenvalue weighted by Crippen LogP contribution is 2.37. The van der Waals surface area contributed by atoms with Crippen molar-refractivity contribution < 1.29 is 28.7 Å². The smallest absolute Gasteiger partial charge is 0.325 e. The summed E-state index contributed by atoms with van der Waals surface area (Å²) in [7, 11) is 0. The van der Waals surface area contributed by atoms with Gasteiger partial charge in [-0.15, -0.1) is 0 Å². The Bertz CT molecular complexity index is 1140. The fourth-order valence-corrected chi connectivity index (χ4v) is 4.23. The van der Waals surface area contributed by atoms with Crippen LogP contribution in [0, 0.1) is 0 Å². The molecule has 3 aliphatic rings. The van der Waals surface area contributed by atoms with Gasteiger partial charge in [0.15, 0.2) is 17.3 Å². The minimum atomic E-state index is -1.32. The van der Waals surface area contributed by atoms with Gasteiger partial charge in [-0.25, -0.2) is 4.79 Å². The fourth-order valence-electron chi connectivity index (χ4n) is 4.23. The first-order chi connectivity index (χ1) is 15.4. The van der Waals surface area contributed by atoms with Crippen LogP contribution in [-0.2, 0) is 15.1 Å². The summed E-state index contributed by atoms with van der Waals surface area (Å²) in [6.45, 7) is 1.97. The lowest BCUT2D eigenvalue weighted by Crippen LogP contribution is -2.41. The third-order valence-corrected chi connectivity index (χ3v) is 6.10. The van der Waals surface area contributed by atoms with E-state index >= 15 is 0 Å². The van der Waals surface area contributed by atoms with E-state index in [-0.39, 0.29) is 25.0 Å². The minimum absolute atomic E-state index is 0.0613. The van der Waals surface area contributed by atoms with Crippen molar-refractivity contribution in [3.63, 3.8) is 0 Å². The summed E-state index contributed by atoms with van der Waals surface area (Å²) in [5, 5.41) is 2.69. The largest absolute Gasteiger partial charge is 0.454 e. The van der Waals surface area contributed by atoms with Gasteiger partial charge in [-0.3, -0.25) is 19.3 Å². The summed E-state index contributed by atoms with van der Waals surface area (Å²) in [5.74, 6) is 0.236. The molecule has 1 atom stereocenters. The molecule has 0 unspecified atom stereocenters. The predicted molar refractivity (Wildman–Crippen MR) is 113 cm³/mol. The van der Waals surface area contributed by atoms with Crippen LogP contribution in [0.25, 0.3) is 0 Å². The summed E-state index contributed by atoms with van der Waals surface area (Å²) in [6, 6.07) is 11.0. The molecule has 164 valence electrons. The van der Waals surface area contributed by atoms with Crippen molar-refractivity contribution in [1.29, 1.82) is 0 Å². The van der Waals surface area contributed by atoms with E-state index in [2.05, 4.69) is 5.32 Å². The molecular weight excluding hydrogens is 414 g/mol. The second-order valence-electron chi connectivity index (χ2n) is 8.13. The molecule has 0 saturated carbocycles. The summed E-state index contributed by atoms with van der Waals surface area (Å²) in [4.78, 5) is 53.0. The Balaban J connectivity index is 1.32. The zero-order valence-corrected chi connectivity index (χ0v) is 17.4. The van der Waals surface area contributed by atoms with Crippen molar-refractivity contribution in [2.75, 3.05) is 24.8 Å². The van der Waals surface area contributed by atoms with Crippen LogP contribution in [-0.4, -0.2) is 48.4 Å². The Morgan fingerprint density at radius 1 is 1.06 bits per heavy atom. The molecule has 1 N–H and O–H groups in total. The van der Waals surface area contributed by atoms with Crippen LogP contribution in [0.5, 0.6) is 11.5 Å². The maximum Gasteiger partial charge on any atom is 0.325 e. The Hall–Kier alpha value is -3.88. The number of carbonyl (C=O) groups is 4. The van der Waals surface area contributed by atoms with Crippen molar-refractivity contribution in [2.45, 2.75) is 25.3 Å². The van der Waals surface area contributed by atoms with E-state index in [1.54, 1.807) is 54.3 Å². The van der Waals surface area contributed by atoms with Crippen LogP contribution >= 0.6 is 0 Å². The summed E-state index contributed by atoms with van der Waals surface area (Å²) in [5.41, 5.74) is 0.306. The number of ketones is 1. The molecule has 5 rings (SSSR count). The van der Waals surface area contributed by atoms with Crippen LogP contribution in [0.2, 0.25) is 0 Å². The Labute approximate surface area is 183 Å². The number of ether oxygens (including phenoxy) is 2. The first-order valence-corrected chi connectivity index (χ1v) is 10.3. The van der Waals surface area contributed by atoms with Crippen LogP contribution in [0.3, 0.4) is 0 Å². The molecule has 0 radical (unpaired) electrons. The molecule has 0 spiro atoms. The van der Waals surface area contributed by atoms with Gasteiger partial charge in [-0.2, -0.15) is 0 Å². The van der Waals surface area contributed by atoms with Crippen molar-refractivity contribution in [1.82, 2.24) is 10.2 Å². The predicted octanol–water partition coefficient (Wildman–Crippen LogP) is 2.19. The summed E-state index contributed by atoms with van der Waals surface area (Å²) in [6.07, 6.45) is 1.34. The third-order valence-electron chi connectivity index (χ3n) is 6.10. The average molecular weight is 435 g/mol. The number of Topliss-reactive ketones (excluding diaryl/α,β-unsaturated/α-hetero) is 1. The molecule has 0 aromatic heterocycles. The number of fused-ring (bicyclic) bond motifs is 1. The van der Waals surface area contributed by atoms with Gasteiger partial charge in [0, 0.05) is 24.2 Å². The van der Waals surface area contributed by atoms with Gasteiger partial charge >= 0.3 is 6.03 Å². The molecule has 3 aliphatic heterocycles. The third kappa shape index (κ3) is 3.17. The van der Waals surface area contributed by atoms with E-state index in [1.165, 1.54) is 0 Å². The van der Waals surface area contributed by atoms with Gasteiger partial charge in [0.1, 0.15) is 5.54 Å². The lowest BCUT2D eigenvalue weighted by molar-refractivity contribution is -0.130. The number of rotatable bonds is 5. The van der Waals surface area contributed by atoms with Gasteiger partial charge in [0.05, 0.1) is 6.54 Å². The van der Waals surface area contributed by atoms with Crippen molar-refractivity contribution >= 4 is 29.3 Å². The zero-order valence-electron chi connectivity index (χ0n) is 17.4. The number of hydrogen-bond acceptors (Lipinski definition) is 6. The molecule has 2 saturated heterocycles. The normalized spacial score (nSPS) is 22.0. The maximum atomic E-state index is 13.1. The Morgan fingerprint density at radius 2 is 1.81 bits per heavy atom. The lowest BCUT2D eigenvalue weighted by Gasteiger charge is -2.22. The van der Waals surface area contributed by atoms with Crippen molar-refractivity contribution in [2.24, 2.45) is 0 Å². The second-order valence-corrected chi connectivity index (χ2v) is 8.13. The molecule has 0 aliphatic carbocycles. The zero-order chi connectivity index (χ0) is 22.5. The molecule has 3 heterocycles. The van der Waals surface area contributed by atoms with Crippen LogP contribution < -0.4 is 19.7 Å². The molecule has 32 heavy (non-hydrogen) atoms. The highest BCUT2D eigenvalue weighted by molar-refractivity contribution is 6.11. The van der Waals surface area contributed by atoms with Gasteiger partial charge in [-0.1, -0.05) is 6.07 Å². The second kappa shape index (κ2) is 7.37. The molecule has 0 bridgehead atoms. The highest BCUT2D eigenvalue weighted by Gasteiger charge is 2.49. The van der Waals surface area contributed by atoms with Crippen LogP contribution in [0.4, 0.5) is 10.5 Å². The Kier molecular flexibility index (Phi) is 4.61.